The Labute approximate surface area is 149 Å². The van der Waals surface area contributed by atoms with Crippen LogP contribution in [-0.2, 0) is 6.42 Å². The van der Waals surface area contributed by atoms with Gasteiger partial charge in [0.05, 0.1) is 6.61 Å². The molecule has 1 aliphatic rings. The number of nitrogens with zero attached hydrogens (tertiary/aromatic N) is 1. The van der Waals surface area contributed by atoms with Crippen LogP contribution in [0.3, 0.4) is 0 Å². The Bertz CT molecular complexity index is 760. The minimum Gasteiger partial charge on any atom is -0.494 e. The van der Waals surface area contributed by atoms with Crippen molar-refractivity contribution in [1.82, 2.24) is 4.90 Å². The second kappa shape index (κ2) is 8.13. The summed E-state index contributed by atoms with van der Waals surface area (Å²) in [6.45, 7) is 1.74. The number of Topliss-reactive ketones (excluding diaryl/α,β-unsaturated/α-hetero) is 1. The predicted octanol–water partition coefficient (Wildman–Crippen LogP) is 4.23. The summed E-state index contributed by atoms with van der Waals surface area (Å²) >= 11 is 0. The van der Waals surface area contributed by atoms with E-state index < -0.39 is 0 Å². The summed E-state index contributed by atoms with van der Waals surface area (Å²) in [5.74, 6) is 1.03. The molecule has 3 nitrogen and oxygen atoms in total. The molecule has 3 rings (SSSR count). The van der Waals surface area contributed by atoms with E-state index in [9.17, 15) is 4.79 Å². The number of benzene rings is 2. The summed E-state index contributed by atoms with van der Waals surface area (Å²) in [7, 11) is 4.13. The standard InChI is InChI=1S/C22H25NO2/c1-23(2)14-5-15-25-20-12-8-17(9-13-20)16-19-11-10-18-6-3-4-7-21(18)22(19)24/h3-4,6-9,12-13,16H,5,10-11,14-15H2,1-2H3/b19-16-. The highest BCUT2D eigenvalue weighted by molar-refractivity contribution is 6.13. The minimum absolute atomic E-state index is 0.158. The molecule has 0 aliphatic heterocycles. The fourth-order valence-electron chi connectivity index (χ4n) is 3.09. The van der Waals surface area contributed by atoms with Crippen LogP contribution in [-0.4, -0.2) is 37.9 Å². The fraction of sp³-hybridized carbons (Fsp3) is 0.318. The van der Waals surface area contributed by atoms with Crippen LogP contribution in [0.15, 0.2) is 54.1 Å². The van der Waals surface area contributed by atoms with Crippen LogP contribution in [0.25, 0.3) is 6.08 Å². The zero-order chi connectivity index (χ0) is 17.6. The average Bonchev–Trinajstić information content (AvgIpc) is 2.62. The number of fused-ring (bicyclic) bond motifs is 1. The van der Waals surface area contributed by atoms with Crippen molar-refractivity contribution >= 4 is 11.9 Å². The highest BCUT2D eigenvalue weighted by Gasteiger charge is 2.20. The first-order valence-corrected chi connectivity index (χ1v) is 8.84. The van der Waals surface area contributed by atoms with Gasteiger partial charge in [0.1, 0.15) is 5.75 Å². The molecule has 0 saturated carbocycles. The van der Waals surface area contributed by atoms with Gasteiger partial charge in [0.25, 0.3) is 0 Å². The summed E-state index contributed by atoms with van der Waals surface area (Å²) in [4.78, 5) is 14.8. The van der Waals surface area contributed by atoms with Gasteiger partial charge in [0.15, 0.2) is 5.78 Å². The van der Waals surface area contributed by atoms with E-state index >= 15 is 0 Å². The second-order valence-corrected chi connectivity index (χ2v) is 6.73. The first-order chi connectivity index (χ1) is 12.1. The predicted molar refractivity (Wildman–Crippen MR) is 102 cm³/mol. The molecule has 0 unspecified atom stereocenters. The van der Waals surface area contributed by atoms with E-state index in [1.165, 1.54) is 0 Å². The number of ether oxygens (including phenoxy) is 1. The lowest BCUT2D eigenvalue weighted by Crippen LogP contribution is -2.15. The molecule has 0 spiro atoms. The van der Waals surface area contributed by atoms with E-state index in [1.807, 2.05) is 54.6 Å². The van der Waals surface area contributed by atoms with Gasteiger partial charge in [0.2, 0.25) is 0 Å². The van der Waals surface area contributed by atoms with Crippen molar-refractivity contribution in [1.29, 1.82) is 0 Å². The van der Waals surface area contributed by atoms with Crippen LogP contribution in [0.4, 0.5) is 0 Å². The molecule has 0 atom stereocenters. The van der Waals surface area contributed by atoms with Gasteiger partial charge >= 0.3 is 0 Å². The first-order valence-electron chi connectivity index (χ1n) is 8.84. The van der Waals surface area contributed by atoms with Gasteiger partial charge in [-0.15, -0.1) is 0 Å². The SMILES string of the molecule is CN(C)CCCOc1ccc(/C=C2/CCc3ccccc3C2=O)cc1. The van der Waals surface area contributed by atoms with E-state index in [-0.39, 0.29) is 5.78 Å². The molecule has 0 aromatic heterocycles. The van der Waals surface area contributed by atoms with E-state index in [1.54, 1.807) is 0 Å². The molecule has 25 heavy (non-hydrogen) atoms. The molecule has 0 saturated heterocycles. The van der Waals surface area contributed by atoms with Crippen molar-refractivity contribution in [2.75, 3.05) is 27.2 Å². The van der Waals surface area contributed by atoms with E-state index in [0.29, 0.717) is 6.61 Å². The third-order valence-corrected chi connectivity index (χ3v) is 4.46. The molecule has 0 amide bonds. The molecule has 2 aromatic carbocycles. The van der Waals surface area contributed by atoms with Gasteiger partial charge in [-0.3, -0.25) is 4.79 Å². The van der Waals surface area contributed by atoms with Crippen molar-refractivity contribution < 1.29 is 9.53 Å². The maximum Gasteiger partial charge on any atom is 0.189 e. The van der Waals surface area contributed by atoms with Crippen LogP contribution in [0.2, 0.25) is 0 Å². The molecule has 0 N–H and O–H groups in total. The maximum absolute atomic E-state index is 12.6. The van der Waals surface area contributed by atoms with Crippen LogP contribution >= 0.6 is 0 Å². The van der Waals surface area contributed by atoms with Crippen LogP contribution < -0.4 is 4.74 Å². The average molecular weight is 335 g/mol. The number of hydrogen-bond donors (Lipinski definition) is 0. The van der Waals surface area contributed by atoms with Gasteiger partial charge in [0, 0.05) is 17.7 Å². The molecule has 1 aliphatic carbocycles. The van der Waals surface area contributed by atoms with Crippen molar-refractivity contribution in [3.8, 4) is 5.75 Å². The van der Waals surface area contributed by atoms with E-state index in [0.717, 1.165) is 53.8 Å². The molecule has 3 heteroatoms. The molecule has 2 aromatic rings. The third-order valence-electron chi connectivity index (χ3n) is 4.46. The lowest BCUT2D eigenvalue weighted by molar-refractivity contribution is 0.102. The normalized spacial score (nSPS) is 15.5. The number of carbonyl (C=O) groups excluding carboxylic acids is 1. The number of rotatable bonds is 6. The Morgan fingerprint density at radius 1 is 1.04 bits per heavy atom. The topological polar surface area (TPSA) is 29.5 Å². The Morgan fingerprint density at radius 2 is 1.80 bits per heavy atom. The van der Waals surface area contributed by atoms with Gasteiger partial charge in [-0.25, -0.2) is 0 Å². The number of aryl methyl sites for hydroxylation is 1. The first kappa shape index (κ1) is 17.4. The number of hydrogen-bond acceptors (Lipinski definition) is 3. The number of allylic oxidation sites excluding steroid dienone is 1. The Hall–Kier alpha value is -2.39. The van der Waals surface area contributed by atoms with Gasteiger partial charge in [-0.05, 0) is 62.7 Å². The van der Waals surface area contributed by atoms with Crippen molar-refractivity contribution in [3.05, 3.63) is 70.8 Å². The van der Waals surface area contributed by atoms with Crippen molar-refractivity contribution in [2.24, 2.45) is 0 Å². The van der Waals surface area contributed by atoms with Gasteiger partial charge < -0.3 is 9.64 Å². The summed E-state index contributed by atoms with van der Waals surface area (Å²) in [5, 5.41) is 0. The summed E-state index contributed by atoms with van der Waals surface area (Å²) in [5.41, 5.74) is 3.94. The van der Waals surface area contributed by atoms with Crippen molar-refractivity contribution in [3.63, 3.8) is 0 Å². The van der Waals surface area contributed by atoms with Crippen LogP contribution in [0, 0.1) is 0 Å². The molecule has 130 valence electrons. The highest BCUT2D eigenvalue weighted by atomic mass is 16.5. The highest BCUT2D eigenvalue weighted by Crippen LogP contribution is 2.26. The van der Waals surface area contributed by atoms with Gasteiger partial charge in [-0.2, -0.15) is 0 Å². The molecular formula is C22H25NO2. The van der Waals surface area contributed by atoms with Gasteiger partial charge in [-0.1, -0.05) is 36.4 Å². The molecule has 0 heterocycles. The maximum atomic E-state index is 12.6. The number of ketones is 1. The zero-order valence-corrected chi connectivity index (χ0v) is 15.0. The number of carbonyl (C=O) groups is 1. The molecule has 0 bridgehead atoms. The third kappa shape index (κ3) is 4.58. The fourth-order valence-corrected chi connectivity index (χ4v) is 3.09. The summed E-state index contributed by atoms with van der Waals surface area (Å²) in [6.07, 6.45) is 4.75. The quantitative estimate of drug-likeness (QED) is 0.584. The summed E-state index contributed by atoms with van der Waals surface area (Å²) in [6, 6.07) is 15.9. The minimum atomic E-state index is 0.158. The Morgan fingerprint density at radius 3 is 2.56 bits per heavy atom. The molecule has 0 fully saturated rings. The smallest absolute Gasteiger partial charge is 0.189 e. The van der Waals surface area contributed by atoms with Crippen molar-refractivity contribution in [2.45, 2.75) is 19.3 Å². The van der Waals surface area contributed by atoms with E-state index in [4.69, 9.17) is 4.74 Å². The van der Waals surface area contributed by atoms with Crippen LogP contribution in [0.1, 0.15) is 34.3 Å². The summed E-state index contributed by atoms with van der Waals surface area (Å²) < 4.78 is 5.75. The molecule has 0 radical (unpaired) electrons. The Balaban J connectivity index is 1.63. The largest absolute Gasteiger partial charge is 0.494 e. The monoisotopic (exact) mass is 335 g/mol. The zero-order valence-electron chi connectivity index (χ0n) is 15.0. The second-order valence-electron chi connectivity index (χ2n) is 6.73. The molecular weight excluding hydrogens is 310 g/mol. The van der Waals surface area contributed by atoms with E-state index in [2.05, 4.69) is 19.0 Å². The van der Waals surface area contributed by atoms with Crippen LogP contribution in [0.5, 0.6) is 5.75 Å². The Kier molecular flexibility index (Phi) is 5.67. The lowest BCUT2D eigenvalue weighted by Gasteiger charge is -2.17. The lowest BCUT2D eigenvalue weighted by atomic mass is 9.86.